The van der Waals surface area contributed by atoms with Crippen molar-refractivity contribution in [3.05, 3.63) is 44.4 Å². The van der Waals surface area contributed by atoms with Gasteiger partial charge in [0.25, 0.3) is 5.56 Å². The van der Waals surface area contributed by atoms with E-state index in [0.717, 1.165) is 4.57 Å². The first-order valence-electron chi connectivity index (χ1n) is 4.40. The standard InChI is InChI=1S/C10H9FN2O2/c1-5-3-4-6-8(7(5)11)12-10(15)13(2)9(6)14/h3-4H,1-2H3,(H,12,15). The van der Waals surface area contributed by atoms with Crippen LogP contribution in [-0.2, 0) is 7.05 Å². The Balaban J connectivity index is 3.13. The molecule has 0 amide bonds. The Morgan fingerprint density at radius 2 is 2.00 bits per heavy atom. The van der Waals surface area contributed by atoms with Gasteiger partial charge in [-0.2, -0.15) is 0 Å². The fraction of sp³-hybridized carbons (Fsp3) is 0.200. The van der Waals surface area contributed by atoms with Gasteiger partial charge in [-0.25, -0.2) is 9.18 Å². The Labute approximate surface area is 84.0 Å². The van der Waals surface area contributed by atoms with Crippen molar-refractivity contribution < 1.29 is 4.39 Å². The van der Waals surface area contributed by atoms with E-state index in [9.17, 15) is 14.0 Å². The summed E-state index contributed by atoms with van der Waals surface area (Å²) in [5, 5.41) is 0.181. The van der Waals surface area contributed by atoms with E-state index in [1.165, 1.54) is 19.2 Å². The van der Waals surface area contributed by atoms with Gasteiger partial charge in [0.05, 0.1) is 10.9 Å². The molecule has 0 bridgehead atoms. The highest BCUT2D eigenvalue weighted by molar-refractivity contribution is 5.78. The van der Waals surface area contributed by atoms with Crippen LogP contribution in [0.25, 0.3) is 10.9 Å². The minimum Gasteiger partial charge on any atom is -0.304 e. The first-order valence-corrected chi connectivity index (χ1v) is 4.40. The molecule has 2 rings (SSSR count). The Hall–Kier alpha value is -1.91. The van der Waals surface area contributed by atoms with E-state index in [-0.39, 0.29) is 10.9 Å². The Morgan fingerprint density at radius 3 is 2.67 bits per heavy atom. The van der Waals surface area contributed by atoms with E-state index in [1.54, 1.807) is 6.92 Å². The molecule has 0 aliphatic carbocycles. The minimum absolute atomic E-state index is 0.0249. The van der Waals surface area contributed by atoms with Crippen molar-refractivity contribution in [1.29, 1.82) is 0 Å². The van der Waals surface area contributed by atoms with Crippen LogP contribution >= 0.6 is 0 Å². The smallest absolute Gasteiger partial charge is 0.304 e. The van der Waals surface area contributed by atoms with Gasteiger partial charge in [0, 0.05) is 7.05 Å². The third-order valence-corrected chi connectivity index (χ3v) is 2.41. The van der Waals surface area contributed by atoms with Crippen molar-refractivity contribution in [3.63, 3.8) is 0 Å². The highest BCUT2D eigenvalue weighted by Gasteiger charge is 2.09. The van der Waals surface area contributed by atoms with E-state index in [0.29, 0.717) is 5.56 Å². The average molecular weight is 208 g/mol. The van der Waals surface area contributed by atoms with Crippen molar-refractivity contribution in [1.82, 2.24) is 9.55 Å². The summed E-state index contributed by atoms with van der Waals surface area (Å²) in [6.07, 6.45) is 0. The first-order chi connectivity index (χ1) is 7.02. The number of benzene rings is 1. The number of halogens is 1. The van der Waals surface area contributed by atoms with Gasteiger partial charge in [-0.3, -0.25) is 9.36 Å². The number of hydrogen-bond acceptors (Lipinski definition) is 2. The number of nitrogens with one attached hydrogen (secondary N) is 1. The zero-order chi connectivity index (χ0) is 11.2. The SMILES string of the molecule is Cc1ccc2c(=O)n(C)c(=O)[nH]c2c1F. The van der Waals surface area contributed by atoms with Gasteiger partial charge in [0.15, 0.2) is 0 Å². The summed E-state index contributed by atoms with van der Waals surface area (Å²) in [5.74, 6) is -0.553. The third-order valence-electron chi connectivity index (χ3n) is 2.41. The lowest BCUT2D eigenvalue weighted by atomic mass is 10.1. The van der Waals surface area contributed by atoms with Crippen LogP contribution < -0.4 is 11.2 Å². The Kier molecular flexibility index (Phi) is 1.96. The monoisotopic (exact) mass is 208 g/mol. The van der Waals surface area contributed by atoms with Gasteiger partial charge in [0.1, 0.15) is 5.82 Å². The highest BCUT2D eigenvalue weighted by atomic mass is 19.1. The maximum absolute atomic E-state index is 13.6. The molecule has 1 heterocycles. The predicted octanol–water partition coefficient (Wildman–Crippen LogP) is 0.674. The molecule has 0 aliphatic rings. The zero-order valence-corrected chi connectivity index (χ0v) is 8.30. The third kappa shape index (κ3) is 1.27. The predicted molar refractivity (Wildman–Crippen MR) is 54.5 cm³/mol. The van der Waals surface area contributed by atoms with Crippen LogP contribution in [0.2, 0.25) is 0 Å². The number of aromatic amines is 1. The summed E-state index contributed by atoms with van der Waals surface area (Å²) in [7, 11) is 1.35. The molecule has 0 fully saturated rings. The molecule has 0 saturated heterocycles. The molecular formula is C10H9FN2O2. The van der Waals surface area contributed by atoms with Crippen LogP contribution in [0, 0.1) is 12.7 Å². The molecular weight excluding hydrogens is 199 g/mol. The summed E-state index contributed by atoms with van der Waals surface area (Å²) < 4.78 is 14.5. The molecule has 0 radical (unpaired) electrons. The van der Waals surface area contributed by atoms with Crippen LogP contribution in [0.1, 0.15) is 5.56 Å². The van der Waals surface area contributed by atoms with E-state index in [2.05, 4.69) is 4.98 Å². The molecule has 5 heteroatoms. The largest absolute Gasteiger partial charge is 0.328 e. The second-order valence-corrected chi connectivity index (χ2v) is 3.41. The van der Waals surface area contributed by atoms with Gasteiger partial charge in [0.2, 0.25) is 0 Å². The molecule has 0 unspecified atom stereocenters. The second kappa shape index (κ2) is 3.05. The fourth-order valence-corrected chi connectivity index (χ4v) is 1.44. The Bertz CT molecular complexity index is 655. The quantitative estimate of drug-likeness (QED) is 0.692. The van der Waals surface area contributed by atoms with E-state index in [1.807, 2.05) is 0 Å². The highest BCUT2D eigenvalue weighted by Crippen LogP contribution is 2.14. The molecule has 0 aliphatic heterocycles. The van der Waals surface area contributed by atoms with Crippen LogP contribution in [-0.4, -0.2) is 9.55 Å². The van der Waals surface area contributed by atoms with Gasteiger partial charge >= 0.3 is 5.69 Å². The molecule has 78 valence electrons. The first kappa shape index (κ1) is 9.64. The minimum atomic E-state index is -0.614. The number of aryl methyl sites for hydroxylation is 1. The molecule has 1 aromatic carbocycles. The van der Waals surface area contributed by atoms with Crippen LogP contribution in [0.3, 0.4) is 0 Å². The molecule has 0 saturated carbocycles. The van der Waals surface area contributed by atoms with Crippen molar-refractivity contribution in [2.45, 2.75) is 6.92 Å². The number of hydrogen-bond donors (Lipinski definition) is 1. The van der Waals surface area contributed by atoms with Gasteiger partial charge in [-0.05, 0) is 18.6 Å². The summed E-state index contributed by atoms with van der Waals surface area (Å²) in [4.78, 5) is 25.2. The summed E-state index contributed by atoms with van der Waals surface area (Å²) >= 11 is 0. The number of H-pyrrole nitrogens is 1. The topological polar surface area (TPSA) is 54.9 Å². The van der Waals surface area contributed by atoms with Gasteiger partial charge in [-0.15, -0.1) is 0 Å². The van der Waals surface area contributed by atoms with Gasteiger partial charge < -0.3 is 4.98 Å². The number of rotatable bonds is 0. The van der Waals surface area contributed by atoms with Crippen LogP contribution in [0.4, 0.5) is 4.39 Å². The van der Waals surface area contributed by atoms with Crippen molar-refractivity contribution >= 4 is 10.9 Å². The summed E-state index contributed by atoms with van der Waals surface area (Å²) in [6, 6.07) is 3.02. The molecule has 1 N–H and O–H groups in total. The Morgan fingerprint density at radius 1 is 1.33 bits per heavy atom. The number of fused-ring (bicyclic) bond motifs is 1. The van der Waals surface area contributed by atoms with E-state index in [4.69, 9.17) is 0 Å². The maximum atomic E-state index is 13.6. The van der Waals surface area contributed by atoms with Crippen LogP contribution in [0.5, 0.6) is 0 Å². The maximum Gasteiger partial charge on any atom is 0.328 e. The van der Waals surface area contributed by atoms with Crippen LogP contribution in [0.15, 0.2) is 21.7 Å². The van der Waals surface area contributed by atoms with Crippen molar-refractivity contribution in [2.24, 2.45) is 7.05 Å². The molecule has 15 heavy (non-hydrogen) atoms. The lowest BCUT2D eigenvalue weighted by Gasteiger charge is -2.03. The lowest BCUT2D eigenvalue weighted by molar-refractivity contribution is 0.625. The zero-order valence-electron chi connectivity index (χ0n) is 8.30. The molecule has 2 aromatic rings. The van der Waals surface area contributed by atoms with E-state index < -0.39 is 17.1 Å². The summed E-state index contributed by atoms with van der Waals surface area (Å²) in [6.45, 7) is 1.57. The van der Waals surface area contributed by atoms with Gasteiger partial charge in [-0.1, -0.05) is 6.07 Å². The van der Waals surface area contributed by atoms with E-state index >= 15 is 0 Å². The normalized spacial score (nSPS) is 10.9. The van der Waals surface area contributed by atoms with Crippen molar-refractivity contribution in [2.75, 3.05) is 0 Å². The number of nitrogens with zero attached hydrogens (tertiary/aromatic N) is 1. The lowest BCUT2D eigenvalue weighted by Crippen LogP contribution is -2.32. The molecule has 1 aromatic heterocycles. The average Bonchev–Trinajstić information content (AvgIpc) is 2.21. The second-order valence-electron chi connectivity index (χ2n) is 3.41. The molecule has 0 spiro atoms. The number of aromatic nitrogens is 2. The molecule has 0 atom stereocenters. The fourth-order valence-electron chi connectivity index (χ4n) is 1.44. The summed E-state index contributed by atoms with van der Waals surface area (Å²) in [5.41, 5.74) is -0.737. The van der Waals surface area contributed by atoms with Crippen molar-refractivity contribution in [3.8, 4) is 0 Å². The molecule has 4 nitrogen and oxygen atoms in total.